The average molecular weight is 493 g/mol. The number of aromatic nitrogens is 2. The van der Waals surface area contributed by atoms with E-state index in [0.29, 0.717) is 26.9 Å². The third kappa shape index (κ3) is 5.17. The molecule has 0 aliphatic rings. The van der Waals surface area contributed by atoms with Crippen molar-refractivity contribution in [2.24, 2.45) is 0 Å². The molecule has 0 saturated carbocycles. The third-order valence-electron chi connectivity index (χ3n) is 4.74. The van der Waals surface area contributed by atoms with Crippen molar-refractivity contribution in [3.05, 3.63) is 75.5 Å². The number of hydrogen-bond acceptors (Lipinski definition) is 6. The first-order valence-corrected chi connectivity index (χ1v) is 12.3. The number of hydrogen-bond donors (Lipinski definition) is 1. The Bertz CT molecular complexity index is 1160. The van der Waals surface area contributed by atoms with E-state index in [1.165, 1.54) is 0 Å². The second-order valence-corrected chi connectivity index (χ2v) is 9.76. The number of rotatable bonds is 9. The van der Waals surface area contributed by atoms with Crippen molar-refractivity contribution in [3.63, 3.8) is 0 Å². The van der Waals surface area contributed by atoms with Crippen molar-refractivity contribution in [1.82, 2.24) is 9.78 Å². The molecule has 2 aromatic carbocycles. The molecule has 10 heteroatoms. The summed E-state index contributed by atoms with van der Waals surface area (Å²) in [5.41, 5.74) is 3.04. The van der Waals surface area contributed by atoms with Gasteiger partial charge < -0.3 is 14.4 Å². The number of nitrogens with zero attached hydrogens (tertiary/aromatic N) is 3. The smallest absolute Gasteiger partial charge is 0.357 e. The van der Waals surface area contributed by atoms with Gasteiger partial charge in [-0.05, 0) is 63.2 Å². The monoisotopic (exact) mass is 492 g/mol. The fraction of sp³-hybridized carbons (Fsp3) is 0.273. The van der Waals surface area contributed by atoms with Crippen molar-refractivity contribution in [1.29, 1.82) is 5.26 Å². The first-order valence-electron chi connectivity index (χ1n) is 9.98. The van der Waals surface area contributed by atoms with E-state index in [9.17, 15) is 9.83 Å². The summed E-state index contributed by atoms with van der Waals surface area (Å²) in [4.78, 5) is 0. The molecular weight excluding hydrogens is 470 g/mol. The Morgan fingerprint density at radius 3 is 2.41 bits per heavy atom. The highest BCUT2D eigenvalue weighted by Crippen LogP contribution is 2.61. The topological polar surface area (TPSA) is 89.2 Å². The van der Waals surface area contributed by atoms with Gasteiger partial charge in [-0.15, -0.1) is 0 Å². The summed E-state index contributed by atoms with van der Waals surface area (Å²) in [5.74, 6) is -0.865. The van der Waals surface area contributed by atoms with Crippen LogP contribution >= 0.6 is 30.8 Å². The van der Waals surface area contributed by atoms with E-state index in [4.69, 9.17) is 32.2 Å². The van der Waals surface area contributed by atoms with Gasteiger partial charge in [-0.3, -0.25) is 4.57 Å². The number of halogens is 2. The van der Waals surface area contributed by atoms with Gasteiger partial charge in [-0.2, -0.15) is 10.4 Å². The molecule has 0 fully saturated rings. The largest absolute Gasteiger partial charge is 0.368 e. The van der Waals surface area contributed by atoms with Crippen molar-refractivity contribution < 1.29 is 13.6 Å². The Balaban J connectivity index is 2.10. The molecule has 0 aliphatic carbocycles. The van der Waals surface area contributed by atoms with Crippen LogP contribution in [0.15, 0.2) is 48.7 Å². The molecule has 0 amide bonds. The molecule has 168 valence electrons. The highest BCUT2D eigenvalue weighted by atomic mass is 35.5. The molecule has 1 N–H and O–H groups in total. The lowest BCUT2D eigenvalue weighted by Gasteiger charge is -2.28. The zero-order valence-corrected chi connectivity index (χ0v) is 20.3. The van der Waals surface area contributed by atoms with Crippen molar-refractivity contribution >= 4 is 36.5 Å². The van der Waals surface area contributed by atoms with E-state index in [1.807, 2.05) is 25.1 Å². The van der Waals surface area contributed by atoms with Crippen LogP contribution in [0.25, 0.3) is 5.69 Å². The first kappa shape index (κ1) is 24.3. The summed E-state index contributed by atoms with van der Waals surface area (Å²) in [6, 6.07) is 14.2. The van der Waals surface area contributed by atoms with Crippen LogP contribution in [0.1, 0.15) is 36.5 Å². The van der Waals surface area contributed by atoms with Gasteiger partial charge >= 0.3 is 7.60 Å². The Morgan fingerprint density at radius 1 is 1.16 bits per heavy atom. The minimum atomic E-state index is -3.67. The second kappa shape index (κ2) is 10.5. The van der Waals surface area contributed by atoms with Crippen LogP contribution in [0.4, 0.5) is 5.69 Å². The summed E-state index contributed by atoms with van der Waals surface area (Å²) in [7, 11) is -3.67. The molecule has 1 heterocycles. The first-order chi connectivity index (χ1) is 15.3. The van der Waals surface area contributed by atoms with E-state index in [-0.39, 0.29) is 13.2 Å². The minimum absolute atomic E-state index is 0.198. The van der Waals surface area contributed by atoms with Crippen LogP contribution in [-0.2, 0) is 13.6 Å². The number of benzene rings is 2. The lowest BCUT2D eigenvalue weighted by Crippen LogP contribution is -2.16. The zero-order chi connectivity index (χ0) is 23.3. The maximum atomic E-state index is 13.8. The van der Waals surface area contributed by atoms with Gasteiger partial charge in [0.1, 0.15) is 6.07 Å². The van der Waals surface area contributed by atoms with Crippen LogP contribution in [0.3, 0.4) is 0 Å². The highest BCUT2D eigenvalue weighted by Gasteiger charge is 2.39. The molecule has 32 heavy (non-hydrogen) atoms. The Labute approximate surface area is 197 Å². The van der Waals surface area contributed by atoms with Gasteiger partial charge in [0.05, 0.1) is 35.7 Å². The van der Waals surface area contributed by atoms with Crippen LogP contribution in [0.5, 0.6) is 0 Å². The minimum Gasteiger partial charge on any atom is -0.368 e. The summed E-state index contributed by atoms with van der Waals surface area (Å²) in [6.07, 6.45) is 1.63. The highest BCUT2D eigenvalue weighted by molar-refractivity contribution is 7.54. The lowest BCUT2D eigenvalue weighted by molar-refractivity contribution is 0.214. The molecule has 0 bridgehead atoms. The number of nitriles is 1. The van der Waals surface area contributed by atoms with E-state index in [0.717, 1.165) is 11.4 Å². The normalized spacial score (nSPS) is 12.4. The maximum absolute atomic E-state index is 13.8. The maximum Gasteiger partial charge on any atom is 0.357 e. The molecule has 0 spiro atoms. The summed E-state index contributed by atoms with van der Waals surface area (Å²) >= 11 is 12.1. The van der Waals surface area contributed by atoms with Gasteiger partial charge in [-0.1, -0.05) is 23.2 Å². The lowest BCUT2D eigenvalue weighted by atomic mass is 10.2. The predicted molar refractivity (Wildman–Crippen MR) is 127 cm³/mol. The Hall–Kier alpha value is -2.33. The molecule has 3 rings (SSSR count). The van der Waals surface area contributed by atoms with Gasteiger partial charge in [-0.25, -0.2) is 4.68 Å². The van der Waals surface area contributed by atoms with Crippen molar-refractivity contribution in [2.75, 3.05) is 18.5 Å². The third-order valence-corrected chi connectivity index (χ3v) is 7.60. The summed E-state index contributed by atoms with van der Waals surface area (Å²) < 4.78 is 26.9. The molecule has 0 radical (unpaired) electrons. The Morgan fingerprint density at radius 2 is 1.81 bits per heavy atom. The quantitative estimate of drug-likeness (QED) is 0.332. The number of nitrogens with one attached hydrogen (secondary N) is 1. The fourth-order valence-corrected chi connectivity index (χ4v) is 5.54. The second-order valence-electron chi connectivity index (χ2n) is 6.80. The Kier molecular flexibility index (Phi) is 8.00. The predicted octanol–water partition coefficient (Wildman–Crippen LogP) is 6.74. The van der Waals surface area contributed by atoms with Gasteiger partial charge in [0, 0.05) is 22.0 Å². The van der Waals surface area contributed by atoms with Crippen LogP contribution in [-0.4, -0.2) is 23.0 Å². The SMILES string of the molecule is CCOP(=O)(OCC)C(Nc1ccc(Cl)c(C#N)c1)c1cnn(-c2ccc(Cl)cc2)c1C. The van der Waals surface area contributed by atoms with Gasteiger partial charge in [0.15, 0.2) is 5.78 Å². The molecule has 0 aliphatic heterocycles. The van der Waals surface area contributed by atoms with Crippen molar-refractivity contribution in [2.45, 2.75) is 26.6 Å². The fourth-order valence-electron chi connectivity index (χ4n) is 3.27. The van der Waals surface area contributed by atoms with Crippen molar-refractivity contribution in [3.8, 4) is 11.8 Å². The summed E-state index contributed by atoms with van der Waals surface area (Å²) in [5, 5.41) is 18.0. The van der Waals surface area contributed by atoms with E-state index >= 15 is 0 Å². The standard InChI is InChI=1S/C22H23Cl2N4O3P/c1-4-30-32(29,31-5-2)22(27-18-8-11-21(24)16(12-18)13-25)20-14-26-28(15(20)3)19-9-6-17(23)7-10-19/h6-12,14,22,27H,4-5H2,1-3H3. The van der Waals surface area contributed by atoms with Gasteiger partial charge in [0.2, 0.25) is 0 Å². The molecule has 0 saturated heterocycles. The van der Waals surface area contributed by atoms with Gasteiger partial charge in [0.25, 0.3) is 0 Å². The van der Waals surface area contributed by atoms with E-state index < -0.39 is 13.4 Å². The molecule has 1 aromatic heterocycles. The van der Waals surface area contributed by atoms with Crippen LogP contribution in [0, 0.1) is 18.3 Å². The molecule has 7 nitrogen and oxygen atoms in total. The zero-order valence-electron chi connectivity index (χ0n) is 17.9. The molecule has 3 aromatic rings. The number of anilines is 1. The van der Waals surface area contributed by atoms with E-state index in [1.54, 1.807) is 55.1 Å². The van der Waals surface area contributed by atoms with Crippen LogP contribution < -0.4 is 5.32 Å². The summed E-state index contributed by atoms with van der Waals surface area (Å²) in [6.45, 7) is 5.77. The van der Waals surface area contributed by atoms with E-state index in [2.05, 4.69) is 10.4 Å². The van der Waals surface area contributed by atoms with Crippen LogP contribution in [0.2, 0.25) is 10.0 Å². The molecule has 1 atom stereocenters. The molecule has 1 unspecified atom stereocenters. The molecular formula is C22H23Cl2N4O3P. The average Bonchev–Trinajstić information content (AvgIpc) is 3.14.